The van der Waals surface area contributed by atoms with Crippen molar-refractivity contribution in [2.24, 2.45) is 0 Å². The Balaban J connectivity index is 1.52. The highest BCUT2D eigenvalue weighted by Crippen LogP contribution is 2.25. The number of aromatic nitrogens is 3. The SMILES string of the molecule is Cc1cccc(-c2ccc3nc(NC(=O)CN4CCOCC4)nn3c2)c1F. The number of hydrogen-bond acceptors (Lipinski definition) is 5. The number of nitrogens with one attached hydrogen (secondary N) is 1. The first-order valence-electron chi connectivity index (χ1n) is 8.82. The Morgan fingerprint density at radius 3 is 2.89 bits per heavy atom. The molecule has 0 unspecified atom stereocenters. The number of morpholine rings is 1. The number of benzene rings is 1. The minimum Gasteiger partial charge on any atom is -0.379 e. The van der Waals surface area contributed by atoms with Gasteiger partial charge in [0.15, 0.2) is 5.65 Å². The molecule has 1 aliphatic heterocycles. The van der Waals surface area contributed by atoms with Crippen LogP contribution in [0.1, 0.15) is 5.56 Å². The molecule has 1 saturated heterocycles. The molecule has 1 N–H and O–H groups in total. The normalized spacial score (nSPS) is 15.2. The summed E-state index contributed by atoms with van der Waals surface area (Å²) in [5.41, 5.74) is 2.36. The van der Waals surface area contributed by atoms with Crippen molar-refractivity contribution >= 4 is 17.5 Å². The fourth-order valence-electron chi connectivity index (χ4n) is 3.09. The number of halogens is 1. The molecule has 27 heavy (non-hydrogen) atoms. The van der Waals surface area contributed by atoms with Crippen LogP contribution in [-0.2, 0) is 9.53 Å². The number of carbonyl (C=O) groups excluding carboxylic acids is 1. The molecule has 0 saturated carbocycles. The van der Waals surface area contributed by atoms with Crippen molar-refractivity contribution in [1.29, 1.82) is 0 Å². The molecule has 3 heterocycles. The average molecular weight is 369 g/mol. The van der Waals surface area contributed by atoms with Gasteiger partial charge in [0.25, 0.3) is 0 Å². The summed E-state index contributed by atoms with van der Waals surface area (Å²) < 4.78 is 21.2. The molecule has 0 radical (unpaired) electrons. The van der Waals surface area contributed by atoms with E-state index in [0.29, 0.717) is 35.6 Å². The number of ether oxygens (including phenoxy) is 1. The highest BCUT2D eigenvalue weighted by molar-refractivity contribution is 5.90. The summed E-state index contributed by atoms with van der Waals surface area (Å²) in [4.78, 5) is 18.5. The van der Waals surface area contributed by atoms with E-state index >= 15 is 0 Å². The second-order valence-corrected chi connectivity index (χ2v) is 6.53. The van der Waals surface area contributed by atoms with Crippen molar-refractivity contribution in [3.05, 3.63) is 47.9 Å². The van der Waals surface area contributed by atoms with E-state index in [-0.39, 0.29) is 24.2 Å². The van der Waals surface area contributed by atoms with Gasteiger partial charge in [-0.25, -0.2) is 8.91 Å². The fraction of sp³-hybridized carbons (Fsp3) is 0.316. The summed E-state index contributed by atoms with van der Waals surface area (Å²) >= 11 is 0. The summed E-state index contributed by atoms with van der Waals surface area (Å²) in [5, 5.41) is 7.01. The maximum Gasteiger partial charge on any atom is 0.249 e. The van der Waals surface area contributed by atoms with Crippen LogP contribution >= 0.6 is 0 Å². The third kappa shape index (κ3) is 3.81. The number of anilines is 1. The van der Waals surface area contributed by atoms with Gasteiger partial charge in [-0.05, 0) is 24.6 Å². The number of aryl methyl sites for hydroxylation is 1. The van der Waals surface area contributed by atoms with Gasteiger partial charge in [0.05, 0.1) is 19.8 Å². The largest absolute Gasteiger partial charge is 0.379 e. The highest BCUT2D eigenvalue weighted by atomic mass is 19.1. The van der Waals surface area contributed by atoms with Crippen LogP contribution < -0.4 is 5.32 Å². The molecule has 0 bridgehead atoms. The van der Waals surface area contributed by atoms with Gasteiger partial charge in [-0.1, -0.05) is 18.2 Å². The maximum absolute atomic E-state index is 14.4. The monoisotopic (exact) mass is 369 g/mol. The molecular weight excluding hydrogens is 349 g/mol. The quantitative estimate of drug-likeness (QED) is 0.763. The Kier molecular flexibility index (Phi) is 4.83. The molecule has 8 heteroatoms. The van der Waals surface area contributed by atoms with Gasteiger partial charge in [-0.2, -0.15) is 4.98 Å². The van der Waals surface area contributed by atoms with Crippen molar-refractivity contribution in [3.8, 4) is 11.1 Å². The molecule has 0 aliphatic carbocycles. The molecule has 7 nitrogen and oxygen atoms in total. The van der Waals surface area contributed by atoms with Crippen LogP contribution in [0, 0.1) is 12.7 Å². The second kappa shape index (κ2) is 7.42. The lowest BCUT2D eigenvalue weighted by Gasteiger charge is -2.25. The van der Waals surface area contributed by atoms with E-state index in [4.69, 9.17) is 4.74 Å². The summed E-state index contributed by atoms with van der Waals surface area (Å²) in [7, 11) is 0. The lowest BCUT2D eigenvalue weighted by molar-refractivity contribution is -0.118. The molecule has 2 aromatic heterocycles. The van der Waals surface area contributed by atoms with E-state index in [1.54, 1.807) is 41.9 Å². The van der Waals surface area contributed by atoms with Gasteiger partial charge in [-0.15, -0.1) is 5.10 Å². The minimum absolute atomic E-state index is 0.169. The van der Waals surface area contributed by atoms with Crippen molar-refractivity contribution in [1.82, 2.24) is 19.5 Å². The van der Waals surface area contributed by atoms with Crippen LogP contribution in [-0.4, -0.2) is 58.3 Å². The minimum atomic E-state index is -0.254. The Hall–Kier alpha value is -2.84. The van der Waals surface area contributed by atoms with Crippen molar-refractivity contribution in [2.45, 2.75) is 6.92 Å². The third-order valence-electron chi connectivity index (χ3n) is 4.56. The topological polar surface area (TPSA) is 71.8 Å². The number of nitrogens with zero attached hydrogens (tertiary/aromatic N) is 4. The first-order chi connectivity index (χ1) is 13.1. The summed E-state index contributed by atoms with van der Waals surface area (Å²) in [6.07, 6.45) is 1.71. The first kappa shape index (κ1) is 17.6. The Morgan fingerprint density at radius 1 is 1.26 bits per heavy atom. The van der Waals surface area contributed by atoms with Crippen LogP contribution in [0.2, 0.25) is 0 Å². The zero-order chi connectivity index (χ0) is 18.8. The van der Waals surface area contributed by atoms with Gasteiger partial charge < -0.3 is 4.74 Å². The van der Waals surface area contributed by atoms with Gasteiger partial charge >= 0.3 is 0 Å². The number of hydrogen-bond donors (Lipinski definition) is 1. The van der Waals surface area contributed by atoms with E-state index in [0.717, 1.165) is 13.1 Å². The maximum atomic E-state index is 14.4. The smallest absolute Gasteiger partial charge is 0.249 e. The van der Waals surface area contributed by atoms with Crippen molar-refractivity contribution in [3.63, 3.8) is 0 Å². The average Bonchev–Trinajstić information content (AvgIpc) is 3.06. The Morgan fingerprint density at radius 2 is 2.07 bits per heavy atom. The van der Waals surface area contributed by atoms with Gasteiger partial charge in [0.1, 0.15) is 5.82 Å². The first-order valence-corrected chi connectivity index (χ1v) is 8.82. The number of fused-ring (bicyclic) bond motifs is 1. The van der Waals surface area contributed by atoms with Crippen LogP contribution in [0.25, 0.3) is 16.8 Å². The zero-order valence-electron chi connectivity index (χ0n) is 15.0. The fourth-order valence-corrected chi connectivity index (χ4v) is 3.09. The number of amides is 1. The van der Waals surface area contributed by atoms with E-state index in [9.17, 15) is 9.18 Å². The summed E-state index contributed by atoms with van der Waals surface area (Å²) in [5.74, 6) is -0.191. The van der Waals surface area contributed by atoms with Crippen LogP contribution in [0.5, 0.6) is 0 Å². The van der Waals surface area contributed by atoms with E-state index in [2.05, 4.69) is 15.4 Å². The molecule has 1 aliphatic rings. The predicted molar refractivity (Wildman–Crippen MR) is 99.0 cm³/mol. The Bertz CT molecular complexity index is 981. The van der Waals surface area contributed by atoms with Crippen molar-refractivity contribution < 1.29 is 13.9 Å². The standard InChI is InChI=1S/C19H20FN5O2/c1-13-3-2-4-15(18(13)20)14-5-6-16-21-19(23-25(16)11-14)22-17(26)12-24-7-9-27-10-8-24/h2-6,11H,7-10,12H2,1H3,(H,22,23,26). The lowest BCUT2D eigenvalue weighted by Crippen LogP contribution is -2.41. The number of pyridine rings is 1. The summed E-state index contributed by atoms with van der Waals surface area (Å²) in [6.45, 7) is 4.75. The second-order valence-electron chi connectivity index (χ2n) is 6.53. The summed E-state index contributed by atoms with van der Waals surface area (Å²) in [6, 6.07) is 8.82. The molecule has 1 fully saturated rings. The van der Waals surface area contributed by atoms with Gasteiger partial charge in [0.2, 0.25) is 11.9 Å². The molecular formula is C19H20FN5O2. The van der Waals surface area contributed by atoms with Crippen molar-refractivity contribution in [2.75, 3.05) is 38.2 Å². The number of rotatable bonds is 4. The van der Waals surface area contributed by atoms with E-state index in [1.165, 1.54) is 0 Å². The van der Waals surface area contributed by atoms with Crippen LogP contribution in [0.3, 0.4) is 0 Å². The van der Waals surface area contributed by atoms with Gasteiger partial charge in [-0.3, -0.25) is 15.0 Å². The third-order valence-corrected chi connectivity index (χ3v) is 4.56. The molecule has 0 atom stereocenters. The van der Waals surface area contributed by atoms with E-state index in [1.807, 2.05) is 11.0 Å². The molecule has 3 aromatic rings. The molecule has 140 valence electrons. The predicted octanol–water partition coefficient (Wildman–Crippen LogP) is 2.11. The number of carbonyl (C=O) groups is 1. The van der Waals surface area contributed by atoms with Gasteiger partial charge in [0, 0.05) is 30.4 Å². The lowest BCUT2D eigenvalue weighted by atomic mass is 10.0. The zero-order valence-corrected chi connectivity index (χ0v) is 15.0. The molecule has 0 spiro atoms. The van der Waals surface area contributed by atoms with E-state index < -0.39 is 0 Å². The molecule has 1 aromatic carbocycles. The molecule has 4 rings (SSSR count). The van der Waals surface area contributed by atoms with Crippen LogP contribution in [0.15, 0.2) is 36.5 Å². The highest BCUT2D eigenvalue weighted by Gasteiger charge is 2.16. The molecule has 1 amide bonds. The van der Waals surface area contributed by atoms with Crippen LogP contribution in [0.4, 0.5) is 10.3 Å². The Labute approximate surface area is 155 Å².